The van der Waals surface area contributed by atoms with E-state index in [4.69, 9.17) is 4.74 Å². The number of methoxy groups -OCH3 is 1. The lowest BCUT2D eigenvalue weighted by Crippen LogP contribution is -2.56. The van der Waals surface area contributed by atoms with Crippen molar-refractivity contribution in [1.29, 1.82) is 0 Å². The number of hydrogen-bond acceptors (Lipinski definition) is 3. The molecule has 1 aromatic heterocycles. The van der Waals surface area contributed by atoms with Crippen molar-refractivity contribution in [3.8, 4) is 0 Å². The number of carbonyl (C=O) groups excluding carboxylic acids is 1. The third-order valence-corrected chi connectivity index (χ3v) is 10.4. The molecule has 0 spiro atoms. The van der Waals surface area contributed by atoms with Crippen LogP contribution >= 0.6 is 0 Å². The van der Waals surface area contributed by atoms with Gasteiger partial charge in [-0.3, -0.25) is 4.79 Å². The van der Waals surface area contributed by atoms with Crippen LogP contribution in [0.3, 0.4) is 0 Å². The van der Waals surface area contributed by atoms with E-state index in [1.807, 2.05) is 7.11 Å². The summed E-state index contributed by atoms with van der Waals surface area (Å²) in [6.07, 6.45) is 13.6. The number of fused-ring (bicyclic) bond motifs is 5. The zero-order valence-electron chi connectivity index (χ0n) is 19.5. The molecule has 0 aromatic carbocycles. The number of halogens is 1. The van der Waals surface area contributed by atoms with Crippen LogP contribution in [0, 0.1) is 52.4 Å². The van der Waals surface area contributed by atoms with Crippen LogP contribution in [0.4, 0.5) is 4.39 Å². The predicted molar refractivity (Wildman–Crippen MR) is 118 cm³/mol. The van der Waals surface area contributed by atoms with E-state index in [1.165, 1.54) is 49.3 Å². The molecule has 1 aromatic rings. The fraction of sp³-hybridized carbons (Fsp3) is 0.846. The molecule has 4 nitrogen and oxygen atoms in total. The van der Waals surface area contributed by atoms with Crippen LogP contribution in [-0.4, -0.2) is 29.1 Å². The minimum absolute atomic E-state index is 0.0581. The smallest absolute Gasteiger partial charge is 0.289 e. The van der Waals surface area contributed by atoms with Gasteiger partial charge in [0.25, 0.3) is 6.08 Å². The van der Waals surface area contributed by atoms with Gasteiger partial charge in [-0.2, -0.15) is 4.39 Å². The molecule has 0 saturated heterocycles. The number of aromatic nitrogens is 2. The molecular formula is C26H39FN2O2. The van der Waals surface area contributed by atoms with Crippen LogP contribution in [0.25, 0.3) is 0 Å². The van der Waals surface area contributed by atoms with E-state index in [0.29, 0.717) is 11.3 Å². The Bertz CT molecular complexity index is 824. The maximum atomic E-state index is 13.8. The Balaban J connectivity index is 1.38. The van der Waals surface area contributed by atoms with Gasteiger partial charge in [-0.15, -0.1) is 0 Å². The Morgan fingerprint density at radius 3 is 2.77 bits per heavy atom. The lowest BCUT2D eigenvalue weighted by atomic mass is 9.44. The second-order valence-electron chi connectivity index (χ2n) is 11.7. The molecule has 0 amide bonds. The number of ketones is 1. The molecule has 31 heavy (non-hydrogen) atoms. The number of Topliss-reactive ketones (excluding diaryl/α,β-unsaturated/α-hetero) is 1. The second kappa shape index (κ2) is 7.97. The number of imidazole rings is 1. The monoisotopic (exact) mass is 430 g/mol. The number of hydrogen-bond donors (Lipinski definition) is 0. The van der Waals surface area contributed by atoms with Crippen LogP contribution in [0.1, 0.15) is 71.6 Å². The molecule has 4 fully saturated rings. The molecule has 0 N–H and O–H groups in total. The molecule has 8 unspecified atom stereocenters. The highest BCUT2D eigenvalue weighted by atomic mass is 19.1. The summed E-state index contributed by atoms with van der Waals surface area (Å²) in [5.74, 6) is 4.01. The molecule has 8 atom stereocenters. The first-order chi connectivity index (χ1) is 14.9. The standard InChI is InChI=1S/C26H39FN2O2/c1-17-8-11-26(16-31-3)18(14-17)4-5-19-20-6-7-22(25(20,2)10-9-21(19)26)23(30)15-29-13-12-28-24(29)27/h12-13,17-22H,4-11,14-16H2,1-3H3. The Kier molecular flexibility index (Phi) is 5.55. The number of nitrogens with zero attached hydrogens (tertiary/aromatic N) is 2. The fourth-order valence-corrected chi connectivity index (χ4v) is 9.05. The van der Waals surface area contributed by atoms with Crippen LogP contribution in [-0.2, 0) is 16.1 Å². The molecule has 1 heterocycles. The van der Waals surface area contributed by atoms with Gasteiger partial charge in [0.05, 0.1) is 13.2 Å². The number of ether oxygens (including phenoxy) is 1. The molecule has 4 aliphatic carbocycles. The quantitative estimate of drug-likeness (QED) is 0.618. The highest BCUT2D eigenvalue weighted by Crippen LogP contribution is 2.68. The first kappa shape index (κ1) is 21.6. The van der Waals surface area contributed by atoms with Gasteiger partial charge in [0.15, 0.2) is 5.78 Å². The fourth-order valence-electron chi connectivity index (χ4n) is 9.05. The van der Waals surface area contributed by atoms with Crippen LogP contribution in [0.15, 0.2) is 12.4 Å². The molecular weight excluding hydrogens is 391 g/mol. The van der Waals surface area contributed by atoms with Crippen LogP contribution in [0.2, 0.25) is 0 Å². The summed E-state index contributed by atoms with van der Waals surface area (Å²) in [5, 5.41) is 0. The molecule has 0 bridgehead atoms. The number of carbonyl (C=O) groups is 1. The van der Waals surface area contributed by atoms with Gasteiger partial charge in [-0.1, -0.05) is 20.3 Å². The predicted octanol–water partition coefficient (Wildman–Crippen LogP) is 5.51. The minimum atomic E-state index is -0.553. The summed E-state index contributed by atoms with van der Waals surface area (Å²) in [7, 11) is 1.89. The van der Waals surface area contributed by atoms with Crippen molar-refractivity contribution >= 4 is 5.78 Å². The zero-order valence-corrected chi connectivity index (χ0v) is 19.5. The van der Waals surface area contributed by atoms with E-state index < -0.39 is 6.08 Å². The number of rotatable bonds is 5. The van der Waals surface area contributed by atoms with Crippen molar-refractivity contribution in [2.75, 3.05) is 13.7 Å². The van der Waals surface area contributed by atoms with E-state index >= 15 is 0 Å². The van der Waals surface area contributed by atoms with Gasteiger partial charge in [0.2, 0.25) is 0 Å². The minimum Gasteiger partial charge on any atom is -0.384 e. The van der Waals surface area contributed by atoms with Gasteiger partial charge < -0.3 is 9.30 Å². The molecule has 5 heteroatoms. The SMILES string of the molecule is COCC12CCC(C)CC1CCC1C3CCC(C(=O)Cn4ccnc4F)C3(C)CCC12. The first-order valence-electron chi connectivity index (χ1n) is 12.6. The summed E-state index contributed by atoms with van der Waals surface area (Å²) in [6, 6.07) is 0. The summed E-state index contributed by atoms with van der Waals surface area (Å²) >= 11 is 0. The normalized spacial score (nSPS) is 44.4. The van der Waals surface area contributed by atoms with E-state index in [9.17, 15) is 9.18 Å². The summed E-state index contributed by atoms with van der Waals surface area (Å²) < 4.78 is 21.1. The molecule has 5 rings (SSSR count). The average Bonchev–Trinajstić information content (AvgIpc) is 3.31. The lowest BCUT2D eigenvalue weighted by Gasteiger charge is -2.61. The topological polar surface area (TPSA) is 44.1 Å². The third-order valence-electron chi connectivity index (χ3n) is 10.4. The first-order valence-corrected chi connectivity index (χ1v) is 12.6. The van der Waals surface area contributed by atoms with Crippen molar-refractivity contribution in [3.05, 3.63) is 18.5 Å². The molecule has 172 valence electrons. The Morgan fingerprint density at radius 2 is 2.03 bits per heavy atom. The second-order valence-corrected chi connectivity index (χ2v) is 11.7. The Morgan fingerprint density at radius 1 is 1.19 bits per heavy atom. The highest BCUT2D eigenvalue weighted by molar-refractivity contribution is 5.82. The summed E-state index contributed by atoms with van der Waals surface area (Å²) in [4.78, 5) is 16.9. The van der Waals surface area contributed by atoms with Crippen LogP contribution < -0.4 is 0 Å². The Hall–Kier alpha value is -1.23. The lowest BCUT2D eigenvalue weighted by molar-refractivity contribution is -0.154. The van der Waals surface area contributed by atoms with E-state index in [0.717, 1.165) is 49.5 Å². The Labute approximate surface area is 186 Å². The van der Waals surface area contributed by atoms with Gasteiger partial charge in [0, 0.05) is 25.4 Å². The van der Waals surface area contributed by atoms with Gasteiger partial charge >= 0.3 is 0 Å². The van der Waals surface area contributed by atoms with Crippen molar-refractivity contribution in [3.63, 3.8) is 0 Å². The summed E-state index contributed by atoms with van der Waals surface area (Å²) in [5.41, 5.74) is 0.423. The molecule has 4 aliphatic rings. The van der Waals surface area contributed by atoms with E-state index in [-0.39, 0.29) is 23.7 Å². The van der Waals surface area contributed by atoms with Gasteiger partial charge in [-0.05, 0) is 91.8 Å². The van der Waals surface area contributed by atoms with Crippen molar-refractivity contribution in [2.24, 2.45) is 46.3 Å². The third kappa shape index (κ3) is 3.32. The maximum absolute atomic E-state index is 13.8. The average molecular weight is 431 g/mol. The zero-order chi connectivity index (χ0) is 21.8. The molecule has 4 saturated carbocycles. The maximum Gasteiger partial charge on any atom is 0.289 e. The highest BCUT2D eigenvalue weighted by Gasteiger charge is 2.62. The van der Waals surface area contributed by atoms with Gasteiger partial charge in [0.1, 0.15) is 0 Å². The van der Waals surface area contributed by atoms with Crippen molar-refractivity contribution in [2.45, 2.75) is 78.2 Å². The van der Waals surface area contributed by atoms with E-state index in [1.54, 1.807) is 6.20 Å². The van der Waals surface area contributed by atoms with Crippen LogP contribution in [0.5, 0.6) is 0 Å². The van der Waals surface area contributed by atoms with Gasteiger partial charge in [-0.25, -0.2) is 4.98 Å². The van der Waals surface area contributed by atoms with Crippen molar-refractivity contribution in [1.82, 2.24) is 9.55 Å². The summed E-state index contributed by atoms with van der Waals surface area (Å²) in [6.45, 7) is 5.85. The largest absolute Gasteiger partial charge is 0.384 e. The molecule has 0 aliphatic heterocycles. The molecule has 0 radical (unpaired) electrons. The van der Waals surface area contributed by atoms with E-state index in [2.05, 4.69) is 18.8 Å². The van der Waals surface area contributed by atoms with Crippen molar-refractivity contribution < 1.29 is 13.9 Å².